The highest BCUT2D eigenvalue weighted by atomic mass is 19.2. The Hall–Kier alpha value is -1.47. The summed E-state index contributed by atoms with van der Waals surface area (Å²) < 4.78 is 87.8. The fourth-order valence-corrected chi connectivity index (χ4v) is 1.02. The van der Waals surface area contributed by atoms with Crippen LogP contribution < -0.4 is 4.90 Å². The number of rotatable bonds is 3. The van der Waals surface area contributed by atoms with Gasteiger partial charge in [-0.2, -0.15) is 0 Å². The summed E-state index contributed by atoms with van der Waals surface area (Å²) >= 11 is 0. The number of alkyl halides is 2. The van der Waals surface area contributed by atoms with Crippen LogP contribution in [0, 0.1) is 29.1 Å². The lowest BCUT2D eigenvalue weighted by Gasteiger charge is -2.18. The van der Waals surface area contributed by atoms with Gasteiger partial charge in [-0.1, -0.05) is 0 Å². The summed E-state index contributed by atoms with van der Waals surface area (Å²) in [6, 6.07) is 0. The van der Waals surface area contributed by atoms with E-state index in [2.05, 4.69) is 0 Å². The van der Waals surface area contributed by atoms with Crippen molar-refractivity contribution in [1.29, 1.82) is 0 Å². The van der Waals surface area contributed by atoms with Gasteiger partial charge in [-0.25, -0.2) is 30.7 Å². The van der Waals surface area contributed by atoms with Crippen molar-refractivity contribution >= 4 is 5.69 Å². The summed E-state index contributed by atoms with van der Waals surface area (Å²) in [7, 11) is 0. The van der Waals surface area contributed by atoms with Crippen molar-refractivity contribution in [1.82, 2.24) is 0 Å². The van der Waals surface area contributed by atoms with Crippen LogP contribution in [-0.4, -0.2) is 13.6 Å². The third-order valence-corrected chi connectivity index (χ3v) is 1.79. The zero-order valence-electron chi connectivity index (χ0n) is 7.51. The number of benzene rings is 1. The van der Waals surface area contributed by atoms with Crippen molar-refractivity contribution in [3.05, 3.63) is 29.1 Å². The monoisotopic (exact) mass is 247 g/mol. The molecule has 0 aromatic heterocycles. The number of halogens is 7. The Morgan fingerprint density at radius 1 is 0.625 bits per heavy atom. The van der Waals surface area contributed by atoms with Gasteiger partial charge in [0.2, 0.25) is 5.82 Å². The molecule has 0 spiro atoms. The smallest absolute Gasteiger partial charge is 0.200 e. The summed E-state index contributed by atoms with van der Waals surface area (Å²) in [4.78, 5) is -0.268. The minimum Gasteiger partial charge on any atom is -0.311 e. The Bertz CT molecular complexity index is 373. The highest BCUT2D eigenvalue weighted by molar-refractivity contribution is 5.49. The molecule has 0 unspecified atom stereocenters. The van der Waals surface area contributed by atoms with Gasteiger partial charge >= 0.3 is 0 Å². The number of hydrogen-bond donors (Lipinski definition) is 0. The zero-order chi connectivity index (χ0) is 12.5. The van der Waals surface area contributed by atoms with Gasteiger partial charge in [-0.05, 0) is 0 Å². The van der Waals surface area contributed by atoms with E-state index in [0.29, 0.717) is 0 Å². The maximum atomic E-state index is 12.9. The Morgan fingerprint density at radius 3 is 1.25 bits per heavy atom. The molecule has 0 N–H and O–H groups in total. The van der Waals surface area contributed by atoms with Crippen molar-refractivity contribution in [3.63, 3.8) is 0 Å². The fourth-order valence-electron chi connectivity index (χ4n) is 1.02. The summed E-state index contributed by atoms with van der Waals surface area (Å²) in [5.74, 6) is -11.4. The first-order valence-corrected chi connectivity index (χ1v) is 3.84. The largest absolute Gasteiger partial charge is 0.311 e. The van der Waals surface area contributed by atoms with E-state index in [1.54, 1.807) is 0 Å². The molecule has 0 aliphatic heterocycles. The molecule has 1 rings (SSSR count). The van der Waals surface area contributed by atoms with Crippen LogP contribution in [0.2, 0.25) is 0 Å². The van der Waals surface area contributed by atoms with Crippen LogP contribution in [0.15, 0.2) is 0 Å². The average Bonchev–Trinajstić information content (AvgIpc) is 2.29. The Labute approximate surface area is 85.1 Å². The maximum Gasteiger partial charge on any atom is 0.200 e. The lowest BCUT2D eigenvalue weighted by molar-refractivity contribution is 0.356. The van der Waals surface area contributed by atoms with Crippen LogP contribution in [0.5, 0.6) is 0 Å². The molecule has 0 atom stereocenters. The summed E-state index contributed by atoms with van der Waals surface area (Å²) in [5, 5.41) is 0. The highest BCUT2D eigenvalue weighted by Gasteiger charge is 2.28. The van der Waals surface area contributed by atoms with E-state index in [4.69, 9.17) is 0 Å². The number of anilines is 1. The molecular formula is C8H4F7N. The zero-order valence-corrected chi connectivity index (χ0v) is 7.51. The van der Waals surface area contributed by atoms with Gasteiger partial charge in [-0.3, -0.25) is 0 Å². The van der Waals surface area contributed by atoms with E-state index in [9.17, 15) is 30.7 Å². The van der Waals surface area contributed by atoms with Gasteiger partial charge in [0.15, 0.2) is 36.9 Å². The van der Waals surface area contributed by atoms with E-state index < -0.39 is 48.4 Å². The summed E-state index contributed by atoms with van der Waals surface area (Å²) in [6.45, 7) is -3.45. The molecule has 0 bridgehead atoms. The predicted octanol–water partition coefficient (Wildman–Crippen LogP) is 3.04. The first-order valence-electron chi connectivity index (χ1n) is 3.84. The van der Waals surface area contributed by atoms with Gasteiger partial charge in [0.05, 0.1) is 0 Å². The van der Waals surface area contributed by atoms with Gasteiger partial charge in [0.1, 0.15) is 5.69 Å². The van der Waals surface area contributed by atoms with Crippen LogP contribution >= 0.6 is 0 Å². The van der Waals surface area contributed by atoms with Crippen LogP contribution in [-0.2, 0) is 0 Å². The molecule has 0 fully saturated rings. The lowest BCUT2D eigenvalue weighted by atomic mass is 10.2. The first-order chi connectivity index (χ1) is 7.45. The molecule has 0 radical (unpaired) electrons. The molecular weight excluding hydrogens is 243 g/mol. The van der Waals surface area contributed by atoms with Crippen LogP contribution in [0.4, 0.5) is 36.4 Å². The lowest BCUT2D eigenvalue weighted by Crippen LogP contribution is -2.24. The van der Waals surface area contributed by atoms with Crippen molar-refractivity contribution in [2.45, 2.75) is 0 Å². The molecule has 1 aromatic rings. The first kappa shape index (κ1) is 12.6. The van der Waals surface area contributed by atoms with Crippen molar-refractivity contribution in [3.8, 4) is 0 Å². The number of hydrogen-bond acceptors (Lipinski definition) is 1. The second-order valence-electron chi connectivity index (χ2n) is 2.70. The van der Waals surface area contributed by atoms with E-state index in [1.807, 2.05) is 0 Å². The maximum absolute atomic E-state index is 12.9. The molecule has 0 amide bonds. The molecule has 0 aliphatic rings. The Balaban J connectivity index is 3.50. The quantitative estimate of drug-likeness (QED) is 0.343. The second-order valence-corrected chi connectivity index (χ2v) is 2.70. The molecule has 16 heavy (non-hydrogen) atoms. The predicted molar refractivity (Wildman–Crippen MR) is 40.7 cm³/mol. The topological polar surface area (TPSA) is 3.24 Å². The standard InChI is InChI=1S/C8H4F7N/c9-1-16(2-10)8-6(14)4(12)3(11)5(13)7(8)15/h1-2H2. The van der Waals surface area contributed by atoms with E-state index >= 15 is 0 Å². The van der Waals surface area contributed by atoms with Crippen LogP contribution in [0.25, 0.3) is 0 Å². The number of nitrogens with zero attached hydrogens (tertiary/aromatic N) is 1. The minimum absolute atomic E-state index is 0.268. The SMILES string of the molecule is FCN(CF)c1c(F)c(F)c(F)c(F)c1F. The summed E-state index contributed by atoms with van der Waals surface area (Å²) in [5.41, 5.74) is -1.62. The third kappa shape index (κ3) is 1.79. The highest BCUT2D eigenvalue weighted by Crippen LogP contribution is 2.30. The van der Waals surface area contributed by atoms with Gasteiger partial charge in [0.25, 0.3) is 0 Å². The van der Waals surface area contributed by atoms with Crippen LogP contribution in [0.3, 0.4) is 0 Å². The van der Waals surface area contributed by atoms with Crippen molar-refractivity contribution in [2.24, 2.45) is 0 Å². The van der Waals surface area contributed by atoms with Gasteiger partial charge in [0, 0.05) is 0 Å². The second kappa shape index (κ2) is 4.58. The molecule has 0 heterocycles. The van der Waals surface area contributed by atoms with E-state index in [1.165, 1.54) is 0 Å². The molecule has 0 saturated carbocycles. The molecule has 1 nitrogen and oxygen atoms in total. The van der Waals surface area contributed by atoms with Crippen LogP contribution in [0.1, 0.15) is 0 Å². The van der Waals surface area contributed by atoms with E-state index in [0.717, 1.165) is 0 Å². The molecule has 0 aliphatic carbocycles. The Kier molecular flexibility index (Phi) is 3.61. The minimum atomic E-state index is -2.38. The molecule has 90 valence electrons. The normalized spacial score (nSPS) is 10.7. The summed E-state index contributed by atoms with van der Waals surface area (Å²) in [6.07, 6.45) is 0. The fraction of sp³-hybridized carbons (Fsp3) is 0.250. The molecule has 1 aromatic carbocycles. The van der Waals surface area contributed by atoms with Crippen molar-refractivity contribution in [2.75, 3.05) is 18.5 Å². The van der Waals surface area contributed by atoms with E-state index in [-0.39, 0.29) is 4.90 Å². The van der Waals surface area contributed by atoms with Gasteiger partial charge in [-0.15, -0.1) is 0 Å². The average molecular weight is 247 g/mol. The third-order valence-electron chi connectivity index (χ3n) is 1.79. The van der Waals surface area contributed by atoms with Gasteiger partial charge < -0.3 is 4.90 Å². The Morgan fingerprint density at radius 2 is 0.938 bits per heavy atom. The molecule has 0 saturated heterocycles. The molecule has 8 heteroatoms. The van der Waals surface area contributed by atoms with Crippen molar-refractivity contribution < 1.29 is 30.7 Å².